The van der Waals surface area contributed by atoms with E-state index in [1.165, 1.54) is 16.5 Å². The predicted molar refractivity (Wildman–Crippen MR) is 118 cm³/mol. The fourth-order valence-corrected chi connectivity index (χ4v) is 4.63. The molecule has 2 aliphatic rings. The number of carbonyl (C=O) groups is 2. The molecule has 0 bridgehead atoms. The highest BCUT2D eigenvalue weighted by Crippen LogP contribution is 2.38. The Morgan fingerprint density at radius 1 is 1.07 bits per heavy atom. The molecular formula is C25H24N2O3. The lowest BCUT2D eigenvalue weighted by molar-refractivity contribution is -0.122. The van der Waals surface area contributed by atoms with Crippen LogP contribution in [0.2, 0.25) is 0 Å². The number of hydrogen-bond acceptors (Lipinski definition) is 3. The molecule has 0 spiro atoms. The lowest BCUT2D eigenvalue weighted by atomic mass is 10.0. The summed E-state index contributed by atoms with van der Waals surface area (Å²) in [7, 11) is 0. The molecule has 1 N–H and O–H groups in total. The third kappa shape index (κ3) is 3.20. The molecule has 30 heavy (non-hydrogen) atoms. The number of hydrogen-bond donors (Lipinski definition) is 1. The summed E-state index contributed by atoms with van der Waals surface area (Å²) in [6, 6.07) is 17.8. The van der Waals surface area contributed by atoms with E-state index in [2.05, 4.69) is 29.6 Å². The van der Waals surface area contributed by atoms with Crippen molar-refractivity contribution in [2.24, 2.45) is 5.92 Å². The van der Waals surface area contributed by atoms with Gasteiger partial charge in [-0.25, -0.2) is 0 Å². The summed E-state index contributed by atoms with van der Waals surface area (Å²) in [4.78, 5) is 27.4. The van der Waals surface area contributed by atoms with E-state index in [1.54, 1.807) is 4.90 Å². The van der Waals surface area contributed by atoms with Crippen LogP contribution in [0.3, 0.4) is 0 Å². The van der Waals surface area contributed by atoms with E-state index < -0.39 is 0 Å². The number of ether oxygens (including phenoxy) is 1. The highest BCUT2D eigenvalue weighted by atomic mass is 16.5. The van der Waals surface area contributed by atoms with Crippen LogP contribution in [-0.2, 0) is 22.4 Å². The summed E-state index contributed by atoms with van der Waals surface area (Å²) in [5, 5.41) is 5.33. The number of anilines is 2. The van der Waals surface area contributed by atoms with Gasteiger partial charge in [-0.1, -0.05) is 24.3 Å². The first kappa shape index (κ1) is 18.7. The maximum Gasteiger partial charge on any atom is 0.229 e. The largest absolute Gasteiger partial charge is 0.494 e. The van der Waals surface area contributed by atoms with E-state index >= 15 is 0 Å². The Labute approximate surface area is 175 Å². The molecule has 0 aromatic heterocycles. The van der Waals surface area contributed by atoms with Crippen LogP contribution in [0.4, 0.5) is 11.4 Å². The molecule has 3 aromatic carbocycles. The van der Waals surface area contributed by atoms with E-state index in [4.69, 9.17) is 4.74 Å². The Morgan fingerprint density at radius 3 is 2.60 bits per heavy atom. The number of carbonyl (C=O) groups excluding carboxylic acids is 2. The molecule has 1 atom stereocenters. The van der Waals surface area contributed by atoms with Crippen molar-refractivity contribution in [2.45, 2.75) is 26.2 Å². The summed E-state index contributed by atoms with van der Waals surface area (Å²) in [6.45, 7) is 2.93. The topological polar surface area (TPSA) is 58.6 Å². The fraction of sp³-hybridized carbons (Fsp3) is 0.280. The van der Waals surface area contributed by atoms with Gasteiger partial charge in [0.05, 0.1) is 18.2 Å². The van der Waals surface area contributed by atoms with E-state index in [0.717, 1.165) is 29.7 Å². The van der Waals surface area contributed by atoms with E-state index in [-0.39, 0.29) is 24.2 Å². The second-order valence-electron chi connectivity index (χ2n) is 7.94. The highest BCUT2D eigenvalue weighted by molar-refractivity contribution is 6.09. The van der Waals surface area contributed by atoms with Gasteiger partial charge in [0.15, 0.2) is 0 Å². The number of benzene rings is 3. The number of amides is 2. The van der Waals surface area contributed by atoms with Gasteiger partial charge in [-0.05, 0) is 66.6 Å². The molecule has 1 aliphatic carbocycles. The predicted octanol–water partition coefficient (Wildman–Crippen LogP) is 4.33. The minimum Gasteiger partial charge on any atom is -0.494 e. The van der Waals surface area contributed by atoms with Crippen molar-refractivity contribution < 1.29 is 14.3 Å². The number of nitrogens with zero attached hydrogens (tertiary/aromatic N) is 1. The Morgan fingerprint density at radius 2 is 1.83 bits per heavy atom. The van der Waals surface area contributed by atoms with Crippen LogP contribution < -0.4 is 15.0 Å². The van der Waals surface area contributed by atoms with Crippen molar-refractivity contribution in [1.29, 1.82) is 0 Å². The van der Waals surface area contributed by atoms with Gasteiger partial charge in [0, 0.05) is 24.0 Å². The Bertz CT molecular complexity index is 1130. The second kappa shape index (κ2) is 7.48. The Kier molecular flexibility index (Phi) is 4.66. The van der Waals surface area contributed by atoms with E-state index in [1.807, 2.05) is 37.3 Å². The minimum absolute atomic E-state index is 0.000503. The molecule has 2 amide bonds. The van der Waals surface area contributed by atoms with Crippen LogP contribution in [0.15, 0.2) is 54.6 Å². The maximum atomic E-state index is 12.8. The highest BCUT2D eigenvalue weighted by Gasteiger charge is 2.36. The lowest BCUT2D eigenvalue weighted by Crippen LogP contribution is -2.28. The van der Waals surface area contributed by atoms with Gasteiger partial charge >= 0.3 is 0 Å². The molecule has 0 saturated carbocycles. The molecule has 5 nitrogen and oxygen atoms in total. The number of aryl methyl sites for hydroxylation is 2. The maximum absolute atomic E-state index is 12.8. The molecule has 3 aromatic rings. The van der Waals surface area contributed by atoms with Crippen molar-refractivity contribution in [3.63, 3.8) is 0 Å². The Balaban J connectivity index is 1.35. The molecule has 1 fully saturated rings. The standard InChI is InChI=1S/C25H24N2O3/c1-2-30-20-11-9-19(10-12-20)26-25(29)18-14-23(28)27(15-18)22-13-8-17-7-6-16-4-3-5-21(22)24(16)17/h3-5,8-13,18H,2,6-7,14-15H2,1H3,(H,26,29). The third-order valence-electron chi connectivity index (χ3n) is 6.07. The third-order valence-corrected chi connectivity index (χ3v) is 6.07. The van der Waals surface area contributed by atoms with Crippen molar-refractivity contribution in [3.05, 3.63) is 65.7 Å². The smallest absolute Gasteiger partial charge is 0.229 e. The monoisotopic (exact) mass is 400 g/mol. The first-order valence-corrected chi connectivity index (χ1v) is 10.5. The van der Waals surface area contributed by atoms with Crippen molar-refractivity contribution in [1.82, 2.24) is 0 Å². The van der Waals surface area contributed by atoms with Crippen LogP contribution in [-0.4, -0.2) is 25.0 Å². The SMILES string of the molecule is CCOc1ccc(NC(=O)C2CC(=O)N(c3ccc4c5c(cccc35)CC4)C2)cc1. The molecule has 1 unspecified atom stereocenters. The molecule has 152 valence electrons. The van der Waals surface area contributed by atoms with Crippen LogP contribution in [0.25, 0.3) is 10.8 Å². The molecule has 1 saturated heterocycles. The first-order chi connectivity index (χ1) is 14.6. The van der Waals surface area contributed by atoms with Crippen LogP contribution in [0.1, 0.15) is 24.5 Å². The molecule has 5 rings (SSSR count). The van der Waals surface area contributed by atoms with E-state index in [0.29, 0.717) is 18.8 Å². The molecular weight excluding hydrogens is 376 g/mol. The summed E-state index contributed by atoms with van der Waals surface area (Å²) in [6.07, 6.45) is 2.33. The number of rotatable bonds is 5. The van der Waals surface area contributed by atoms with Gasteiger partial charge in [0.2, 0.25) is 11.8 Å². The minimum atomic E-state index is -0.368. The zero-order valence-corrected chi connectivity index (χ0v) is 17.0. The zero-order chi connectivity index (χ0) is 20.7. The second-order valence-corrected chi connectivity index (χ2v) is 7.94. The van der Waals surface area contributed by atoms with E-state index in [9.17, 15) is 9.59 Å². The van der Waals surface area contributed by atoms with Crippen molar-refractivity contribution in [2.75, 3.05) is 23.4 Å². The van der Waals surface area contributed by atoms with Gasteiger partial charge in [-0.15, -0.1) is 0 Å². The van der Waals surface area contributed by atoms with Gasteiger partial charge in [-0.2, -0.15) is 0 Å². The summed E-state index contributed by atoms with van der Waals surface area (Å²) in [5.74, 6) is 0.276. The lowest BCUT2D eigenvalue weighted by Gasteiger charge is -2.20. The van der Waals surface area contributed by atoms with Crippen molar-refractivity contribution >= 4 is 34.0 Å². The molecule has 1 aliphatic heterocycles. The summed E-state index contributed by atoms with van der Waals surface area (Å²) in [5.41, 5.74) is 4.32. The normalized spacial score (nSPS) is 17.6. The molecule has 0 radical (unpaired) electrons. The molecule has 1 heterocycles. The molecule has 5 heteroatoms. The first-order valence-electron chi connectivity index (χ1n) is 10.5. The summed E-state index contributed by atoms with van der Waals surface area (Å²) < 4.78 is 5.44. The quantitative estimate of drug-likeness (QED) is 0.694. The van der Waals surface area contributed by atoms with Crippen LogP contribution >= 0.6 is 0 Å². The van der Waals surface area contributed by atoms with Gasteiger partial charge < -0.3 is 15.0 Å². The van der Waals surface area contributed by atoms with Crippen molar-refractivity contribution in [3.8, 4) is 5.75 Å². The van der Waals surface area contributed by atoms with Gasteiger partial charge in [-0.3, -0.25) is 9.59 Å². The number of nitrogens with one attached hydrogen (secondary N) is 1. The average Bonchev–Trinajstić information content (AvgIpc) is 3.35. The van der Waals surface area contributed by atoms with Crippen LogP contribution in [0.5, 0.6) is 5.75 Å². The van der Waals surface area contributed by atoms with Gasteiger partial charge in [0.25, 0.3) is 0 Å². The summed E-state index contributed by atoms with van der Waals surface area (Å²) >= 11 is 0. The van der Waals surface area contributed by atoms with Crippen LogP contribution in [0, 0.1) is 5.92 Å². The zero-order valence-electron chi connectivity index (χ0n) is 17.0. The van der Waals surface area contributed by atoms with Gasteiger partial charge in [0.1, 0.15) is 5.75 Å². The fourth-order valence-electron chi connectivity index (χ4n) is 4.63. The average molecular weight is 400 g/mol. The Hall–Kier alpha value is -3.34.